The van der Waals surface area contributed by atoms with Gasteiger partial charge in [-0.3, -0.25) is 4.68 Å². The van der Waals surface area contributed by atoms with Crippen molar-refractivity contribution in [2.75, 3.05) is 0 Å². The van der Waals surface area contributed by atoms with Crippen LogP contribution in [0.1, 0.15) is 36.6 Å². The van der Waals surface area contributed by atoms with Crippen LogP contribution < -0.4 is 5.32 Å². The smallest absolute Gasteiger partial charge is 0.127 e. The molecule has 0 aliphatic carbocycles. The summed E-state index contributed by atoms with van der Waals surface area (Å²) in [7, 11) is 0. The van der Waals surface area contributed by atoms with E-state index in [1.165, 1.54) is 12.1 Å². The van der Waals surface area contributed by atoms with Crippen molar-refractivity contribution in [2.24, 2.45) is 0 Å². The lowest BCUT2D eigenvalue weighted by Crippen LogP contribution is -2.33. The molecule has 0 aliphatic rings. The van der Waals surface area contributed by atoms with E-state index in [0.29, 0.717) is 17.7 Å². The molecule has 1 aromatic carbocycles. The molecule has 4 nitrogen and oxygen atoms in total. The Morgan fingerprint density at radius 3 is 2.81 bits per heavy atom. The van der Waals surface area contributed by atoms with Crippen LogP contribution in [0.2, 0.25) is 0 Å². The predicted molar refractivity (Wildman–Crippen MR) is 79.1 cm³/mol. The summed E-state index contributed by atoms with van der Waals surface area (Å²) >= 11 is 0. The van der Waals surface area contributed by atoms with Gasteiger partial charge in [0.1, 0.15) is 5.82 Å². The number of nitriles is 1. The van der Waals surface area contributed by atoms with Gasteiger partial charge in [0.25, 0.3) is 0 Å². The van der Waals surface area contributed by atoms with Crippen LogP contribution in [0.4, 0.5) is 4.39 Å². The summed E-state index contributed by atoms with van der Waals surface area (Å²) in [5.74, 6) is -0.295. The lowest BCUT2D eigenvalue weighted by atomic mass is 10.1. The minimum Gasteiger partial charge on any atom is -0.308 e. The molecule has 1 aromatic heterocycles. The number of benzene rings is 1. The third-order valence-electron chi connectivity index (χ3n) is 3.66. The van der Waals surface area contributed by atoms with E-state index in [2.05, 4.69) is 17.3 Å². The zero-order chi connectivity index (χ0) is 15.4. The SMILES string of the molecule is Cc1cnn([C@H](C)[C@H](C)NCc2cc(C#N)ccc2F)c1. The molecule has 2 rings (SSSR count). The van der Waals surface area contributed by atoms with Crippen molar-refractivity contribution >= 4 is 0 Å². The zero-order valence-electron chi connectivity index (χ0n) is 12.5. The molecule has 0 saturated carbocycles. The van der Waals surface area contributed by atoms with Crippen molar-refractivity contribution in [3.8, 4) is 6.07 Å². The maximum atomic E-state index is 13.7. The van der Waals surface area contributed by atoms with Crippen LogP contribution >= 0.6 is 0 Å². The fourth-order valence-electron chi connectivity index (χ4n) is 2.11. The first-order chi connectivity index (χ1) is 10.0. The van der Waals surface area contributed by atoms with Gasteiger partial charge < -0.3 is 5.32 Å². The van der Waals surface area contributed by atoms with E-state index in [1.807, 2.05) is 37.0 Å². The van der Waals surface area contributed by atoms with Gasteiger partial charge in [0.2, 0.25) is 0 Å². The third kappa shape index (κ3) is 3.67. The van der Waals surface area contributed by atoms with Crippen molar-refractivity contribution in [3.05, 3.63) is 53.1 Å². The van der Waals surface area contributed by atoms with Crippen molar-refractivity contribution in [2.45, 2.75) is 39.4 Å². The molecule has 110 valence electrons. The Kier molecular flexibility index (Phi) is 4.71. The van der Waals surface area contributed by atoms with Gasteiger partial charge >= 0.3 is 0 Å². The molecule has 1 N–H and O–H groups in total. The van der Waals surface area contributed by atoms with Gasteiger partial charge in [-0.05, 0) is 44.5 Å². The Balaban J connectivity index is 2.01. The number of aromatic nitrogens is 2. The highest BCUT2D eigenvalue weighted by Crippen LogP contribution is 2.14. The number of nitrogens with one attached hydrogen (secondary N) is 1. The number of rotatable bonds is 5. The Bertz CT molecular complexity index is 657. The minimum absolute atomic E-state index is 0.120. The summed E-state index contributed by atoms with van der Waals surface area (Å²) in [5.41, 5.74) is 2.09. The Labute approximate surface area is 124 Å². The quantitative estimate of drug-likeness (QED) is 0.919. The van der Waals surface area contributed by atoms with E-state index in [4.69, 9.17) is 5.26 Å². The molecule has 0 amide bonds. The van der Waals surface area contributed by atoms with Crippen molar-refractivity contribution in [1.29, 1.82) is 5.26 Å². The highest BCUT2D eigenvalue weighted by atomic mass is 19.1. The summed E-state index contributed by atoms with van der Waals surface area (Å²) in [5, 5.41) is 16.4. The van der Waals surface area contributed by atoms with Crippen LogP contribution in [0.3, 0.4) is 0 Å². The highest BCUT2D eigenvalue weighted by Gasteiger charge is 2.15. The molecule has 0 spiro atoms. The molecule has 0 radical (unpaired) electrons. The Morgan fingerprint density at radius 2 is 2.19 bits per heavy atom. The van der Waals surface area contributed by atoms with Gasteiger partial charge in [0.15, 0.2) is 0 Å². The van der Waals surface area contributed by atoms with Gasteiger partial charge in [0.05, 0.1) is 23.9 Å². The number of nitrogens with zero attached hydrogens (tertiary/aromatic N) is 3. The molecule has 2 atom stereocenters. The second kappa shape index (κ2) is 6.51. The monoisotopic (exact) mass is 286 g/mol. The van der Waals surface area contributed by atoms with Gasteiger partial charge in [-0.15, -0.1) is 0 Å². The number of halogens is 1. The normalized spacial score (nSPS) is 13.7. The maximum absolute atomic E-state index is 13.7. The number of hydrogen-bond donors (Lipinski definition) is 1. The molecule has 21 heavy (non-hydrogen) atoms. The molecule has 2 aromatic rings. The predicted octanol–water partition coefficient (Wildman–Crippen LogP) is 2.94. The molecule has 0 saturated heterocycles. The first-order valence-corrected chi connectivity index (χ1v) is 6.94. The van der Waals surface area contributed by atoms with E-state index in [-0.39, 0.29) is 17.9 Å². The lowest BCUT2D eigenvalue weighted by molar-refractivity contribution is 0.363. The summed E-state index contributed by atoms with van der Waals surface area (Å²) in [6, 6.07) is 6.70. The molecule has 0 bridgehead atoms. The van der Waals surface area contributed by atoms with E-state index < -0.39 is 0 Å². The van der Waals surface area contributed by atoms with Crippen LogP contribution in [0.5, 0.6) is 0 Å². The van der Waals surface area contributed by atoms with Crippen molar-refractivity contribution in [1.82, 2.24) is 15.1 Å². The Morgan fingerprint density at radius 1 is 1.43 bits per heavy atom. The fraction of sp³-hybridized carbons (Fsp3) is 0.375. The van der Waals surface area contributed by atoms with Gasteiger partial charge in [-0.2, -0.15) is 10.4 Å². The van der Waals surface area contributed by atoms with E-state index >= 15 is 0 Å². The summed E-state index contributed by atoms with van der Waals surface area (Å²) in [4.78, 5) is 0. The number of hydrogen-bond acceptors (Lipinski definition) is 3. The van der Waals surface area contributed by atoms with E-state index in [9.17, 15) is 4.39 Å². The molecule has 0 unspecified atom stereocenters. The lowest BCUT2D eigenvalue weighted by Gasteiger charge is -2.22. The molecule has 0 fully saturated rings. The summed E-state index contributed by atoms with van der Waals surface area (Å²) in [6.07, 6.45) is 3.80. The molecule has 1 heterocycles. The Hall–Kier alpha value is -2.19. The first-order valence-electron chi connectivity index (χ1n) is 6.94. The molecular formula is C16H19FN4. The topological polar surface area (TPSA) is 53.6 Å². The second-order valence-corrected chi connectivity index (χ2v) is 5.33. The highest BCUT2D eigenvalue weighted by molar-refractivity contribution is 5.33. The second-order valence-electron chi connectivity index (χ2n) is 5.33. The molecule has 5 heteroatoms. The summed E-state index contributed by atoms with van der Waals surface area (Å²) < 4.78 is 15.6. The van der Waals surface area contributed by atoms with E-state index in [0.717, 1.165) is 5.56 Å². The summed E-state index contributed by atoms with van der Waals surface area (Å²) in [6.45, 7) is 6.48. The van der Waals surface area contributed by atoms with Gasteiger partial charge in [-0.25, -0.2) is 4.39 Å². The molecule has 0 aliphatic heterocycles. The standard InChI is InChI=1S/C16H19FN4/c1-11-8-20-21(10-11)13(3)12(2)19-9-15-6-14(7-18)4-5-16(15)17/h4-6,8,10,12-13,19H,9H2,1-3H3/t12-,13+/m0/s1. The minimum atomic E-state index is -0.295. The van der Waals surface area contributed by atoms with Crippen molar-refractivity contribution < 1.29 is 4.39 Å². The van der Waals surface area contributed by atoms with Crippen LogP contribution in [0, 0.1) is 24.1 Å². The molecular weight excluding hydrogens is 267 g/mol. The van der Waals surface area contributed by atoms with Gasteiger partial charge in [0, 0.05) is 24.3 Å². The van der Waals surface area contributed by atoms with Crippen molar-refractivity contribution in [3.63, 3.8) is 0 Å². The van der Waals surface area contributed by atoms with E-state index in [1.54, 1.807) is 6.07 Å². The average Bonchev–Trinajstić information content (AvgIpc) is 2.91. The first kappa shape index (κ1) is 15.2. The fourth-order valence-corrected chi connectivity index (χ4v) is 2.11. The zero-order valence-corrected chi connectivity index (χ0v) is 12.5. The van der Waals surface area contributed by atoms with Crippen LogP contribution in [-0.4, -0.2) is 15.8 Å². The third-order valence-corrected chi connectivity index (χ3v) is 3.66. The van der Waals surface area contributed by atoms with Gasteiger partial charge in [-0.1, -0.05) is 0 Å². The average molecular weight is 286 g/mol. The van der Waals surface area contributed by atoms with Crippen LogP contribution in [0.25, 0.3) is 0 Å². The maximum Gasteiger partial charge on any atom is 0.127 e. The van der Waals surface area contributed by atoms with Crippen LogP contribution in [-0.2, 0) is 6.54 Å². The largest absolute Gasteiger partial charge is 0.308 e. The van der Waals surface area contributed by atoms with Crippen LogP contribution in [0.15, 0.2) is 30.6 Å². The number of aryl methyl sites for hydroxylation is 1.